The fourth-order valence-electron chi connectivity index (χ4n) is 2.46. The summed E-state index contributed by atoms with van der Waals surface area (Å²) < 4.78 is 2.22. The first-order valence-corrected chi connectivity index (χ1v) is 7.04. The number of hydrogen-bond donors (Lipinski definition) is 2. The summed E-state index contributed by atoms with van der Waals surface area (Å²) in [5.41, 5.74) is 8.34. The van der Waals surface area contributed by atoms with Crippen LogP contribution in [0.25, 0.3) is 11.0 Å². The lowest BCUT2D eigenvalue weighted by Crippen LogP contribution is -2.33. The van der Waals surface area contributed by atoms with E-state index in [0.717, 1.165) is 22.4 Å². The van der Waals surface area contributed by atoms with E-state index >= 15 is 0 Å². The monoisotopic (exact) mass is 275 g/mol. The number of aliphatic hydroxyl groups is 1. The van der Waals surface area contributed by atoms with Crippen LogP contribution in [0, 0.1) is 0 Å². The maximum atomic E-state index is 9.69. The Morgan fingerprint density at radius 1 is 1.20 bits per heavy atom. The first-order chi connectivity index (χ1) is 9.20. The van der Waals surface area contributed by atoms with Gasteiger partial charge in [0.1, 0.15) is 5.82 Å². The molecule has 4 heteroatoms. The lowest BCUT2D eigenvalue weighted by atomic mass is 9.92. The van der Waals surface area contributed by atoms with Crippen LogP contribution in [0.3, 0.4) is 0 Å². The fraction of sp³-hybridized carbons (Fsp3) is 0.562. The molecule has 0 bridgehead atoms. The second-order valence-electron chi connectivity index (χ2n) is 7.01. The van der Waals surface area contributed by atoms with Crippen LogP contribution in [0.1, 0.15) is 46.0 Å². The Hall–Kier alpha value is -1.39. The quantitative estimate of drug-likeness (QED) is 0.904. The summed E-state index contributed by atoms with van der Waals surface area (Å²) in [6.45, 7) is 11.1. The van der Waals surface area contributed by atoms with Gasteiger partial charge in [-0.1, -0.05) is 19.9 Å². The minimum absolute atomic E-state index is 0.0656. The molecule has 20 heavy (non-hydrogen) atoms. The molecule has 0 fully saturated rings. The van der Waals surface area contributed by atoms with Crippen molar-refractivity contribution < 1.29 is 5.11 Å². The van der Waals surface area contributed by atoms with E-state index in [1.165, 1.54) is 0 Å². The van der Waals surface area contributed by atoms with Crippen LogP contribution in [0.5, 0.6) is 0 Å². The predicted octanol–water partition coefficient (Wildman–Crippen LogP) is 2.52. The summed E-state index contributed by atoms with van der Waals surface area (Å²) in [6, 6.07) is 6.16. The summed E-state index contributed by atoms with van der Waals surface area (Å²) in [5, 5.41) is 9.69. The summed E-state index contributed by atoms with van der Waals surface area (Å²) in [4.78, 5) is 4.78. The number of hydrogen-bond acceptors (Lipinski definition) is 3. The van der Waals surface area contributed by atoms with Crippen molar-refractivity contribution in [1.82, 2.24) is 9.55 Å². The summed E-state index contributed by atoms with van der Waals surface area (Å²) in [7, 11) is 0. The molecule has 0 radical (unpaired) electrons. The van der Waals surface area contributed by atoms with E-state index in [4.69, 9.17) is 10.7 Å². The zero-order chi connectivity index (χ0) is 15.1. The Balaban J connectivity index is 2.80. The average Bonchev–Trinajstić information content (AvgIpc) is 2.77. The fourth-order valence-corrected chi connectivity index (χ4v) is 2.46. The highest BCUT2D eigenvalue weighted by atomic mass is 16.3. The molecule has 0 aliphatic rings. The van der Waals surface area contributed by atoms with Crippen LogP contribution in [-0.2, 0) is 17.5 Å². The average molecular weight is 275 g/mol. The molecule has 0 spiro atoms. The normalized spacial score (nSPS) is 13.2. The highest BCUT2D eigenvalue weighted by molar-refractivity contribution is 5.77. The maximum Gasteiger partial charge on any atom is 0.118 e. The molecule has 0 aliphatic heterocycles. The van der Waals surface area contributed by atoms with Crippen molar-refractivity contribution in [3.63, 3.8) is 0 Å². The highest BCUT2D eigenvalue weighted by Gasteiger charge is 2.31. The van der Waals surface area contributed by atoms with E-state index in [1.54, 1.807) is 0 Å². The smallest absolute Gasteiger partial charge is 0.118 e. The first kappa shape index (κ1) is 15.0. The number of benzene rings is 1. The number of nitrogens with two attached hydrogens (primary N) is 1. The van der Waals surface area contributed by atoms with Gasteiger partial charge in [-0.3, -0.25) is 0 Å². The van der Waals surface area contributed by atoms with Gasteiger partial charge in [0, 0.05) is 17.5 Å². The molecule has 1 aromatic heterocycles. The lowest BCUT2D eigenvalue weighted by molar-refractivity contribution is 0.202. The topological polar surface area (TPSA) is 64.1 Å². The Bertz CT molecular complexity index is 620. The standard InChI is InChI=1S/C16H25N3O/c1-15(2,3)19-13-7-6-11(9-17)8-12(13)18-14(19)16(4,5)10-20/h6-8,20H,9-10,17H2,1-5H3. The van der Waals surface area contributed by atoms with Crippen molar-refractivity contribution >= 4 is 11.0 Å². The Labute approximate surface area is 120 Å². The SMILES string of the molecule is CC(C)(CO)c1nc2cc(CN)ccc2n1C(C)(C)C. The van der Waals surface area contributed by atoms with Gasteiger partial charge < -0.3 is 15.4 Å². The molecule has 0 saturated heterocycles. The third-order valence-electron chi connectivity index (χ3n) is 3.63. The molecule has 0 aliphatic carbocycles. The summed E-state index contributed by atoms with van der Waals surface area (Å²) >= 11 is 0. The minimum atomic E-state index is -0.380. The molecule has 2 aromatic rings. The third kappa shape index (κ3) is 2.45. The van der Waals surface area contributed by atoms with Crippen molar-refractivity contribution in [1.29, 1.82) is 0 Å². The molecular formula is C16H25N3O. The Morgan fingerprint density at radius 2 is 1.85 bits per heavy atom. The van der Waals surface area contributed by atoms with E-state index in [-0.39, 0.29) is 17.6 Å². The van der Waals surface area contributed by atoms with Gasteiger partial charge in [0.05, 0.1) is 17.6 Å². The van der Waals surface area contributed by atoms with Crippen LogP contribution >= 0.6 is 0 Å². The van der Waals surface area contributed by atoms with Gasteiger partial charge in [-0.05, 0) is 38.5 Å². The predicted molar refractivity (Wildman–Crippen MR) is 82.7 cm³/mol. The van der Waals surface area contributed by atoms with Crippen LogP contribution in [0.4, 0.5) is 0 Å². The number of rotatable bonds is 3. The summed E-state index contributed by atoms with van der Waals surface area (Å²) in [5.74, 6) is 0.914. The van der Waals surface area contributed by atoms with Crippen LogP contribution in [0.2, 0.25) is 0 Å². The van der Waals surface area contributed by atoms with Crippen molar-refractivity contribution in [2.45, 2.75) is 52.1 Å². The molecule has 1 heterocycles. The Kier molecular flexibility index (Phi) is 3.65. The van der Waals surface area contributed by atoms with E-state index in [9.17, 15) is 5.11 Å². The van der Waals surface area contributed by atoms with Gasteiger partial charge in [0.15, 0.2) is 0 Å². The molecular weight excluding hydrogens is 250 g/mol. The number of nitrogens with zero attached hydrogens (tertiary/aromatic N) is 2. The molecule has 0 unspecified atom stereocenters. The van der Waals surface area contributed by atoms with Gasteiger partial charge in [-0.25, -0.2) is 4.98 Å². The lowest BCUT2D eigenvalue weighted by Gasteiger charge is -2.30. The minimum Gasteiger partial charge on any atom is -0.395 e. The molecule has 1 aromatic carbocycles. The maximum absolute atomic E-state index is 9.69. The molecule has 0 saturated carbocycles. The second-order valence-corrected chi connectivity index (χ2v) is 7.01. The van der Waals surface area contributed by atoms with Crippen LogP contribution in [0.15, 0.2) is 18.2 Å². The molecule has 110 valence electrons. The van der Waals surface area contributed by atoms with Gasteiger partial charge >= 0.3 is 0 Å². The number of aliphatic hydroxyl groups excluding tert-OH is 1. The van der Waals surface area contributed by atoms with Crippen molar-refractivity contribution in [2.75, 3.05) is 6.61 Å². The van der Waals surface area contributed by atoms with E-state index in [0.29, 0.717) is 6.54 Å². The van der Waals surface area contributed by atoms with Crippen molar-refractivity contribution in [3.05, 3.63) is 29.6 Å². The van der Waals surface area contributed by atoms with Gasteiger partial charge in [0.25, 0.3) is 0 Å². The van der Waals surface area contributed by atoms with Gasteiger partial charge in [-0.15, -0.1) is 0 Å². The Morgan fingerprint density at radius 3 is 2.35 bits per heavy atom. The number of imidazole rings is 1. The van der Waals surface area contributed by atoms with E-state index in [2.05, 4.69) is 31.4 Å². The zero-order valence-corrected chi connectivity index (χ0v) is 13.1. The molecule has 0 amide bonds. The summed E-state index contributed by atoms with van der Waals surface area (Å²) in [6.07, 6.45) is 0. The first-order valence-electron chi connectivity index (χ1n) is 7.04. The number of fused-ring (bicyclic) bond motifs is 1. The third-order valence-corrected chi connectivity index (χ3v) is 3.63. The highest BCUT2D eigenvalue weighted by Crippen LogP contribution is 2.32. The van der Waals surface area contributed by atoms with Gasteiger partial charge in [0.2, 0.25) is 0 Å². The molecule has 3 N–H and O–H groups in total. The van der Waals surface area contributed by atoms with Crippen LogP contribution < -0.4 is 5.73 Å². The second kappa shape index (κ2) is 4.86. The largest absolute Gasteiger partial charge is 0.395 e. The number of aromatic nitrogens is 2. The molecule has 4 nitrogen and oxygen atoms in total. The zero-order valence-electron chi connectivity index (χ0n) is 13.1. The van der Waals surface area contributed by atoms with Crippen LogP contribution in [-0.4, -0.2) is 21.3 Å². The van der Waals surface area contributed by atoms with E-state index < -0.39 is 0 Å². The van der Waals surface area contributed by atoms with Crippen molar-refractivity contribution in [3.8, 4) is 0 Å². The van der Waals surface area contributed by atoms with E-state index in [1.807, 2.05) is 26.0 Å². The molecule has 0 atom stereocenters. The van der Waals surface area contributed by atoms with Gasteiger partial charge in [-0.2, -0.15) is 0 Å². The van der Waals surface area contributed by atoms with Crippen molar-refractivity contribution in [2.24, 2.45) is 5.73 Å². The molecule has 2 rings (SSSR count).